The van der Waals surface area contributed by atoms with Crippen LogP contribution in [0.2, 0.25) is 0 Å². The van der Waals surface area contributed by atoms with Gasteiger partial charge in [0.05, 0.1) is 6.61 Å². The molecule has 0 unspecified atom stereocenters. The van der Waals surface area contributed by atoms with Crippen LogP contribution in [-0.2, 0) is 0 Å². The van der Waals surface area contributed by atoms with Gasteiger partial charge in [0.1, 0.15) is 5.75 Å². The van der Waals surface area contributed by atoms with Gasteiger partial charge in [-0.05, 0) is 43.3 Å². The van der Waals surface area contributed by atoms with E-state index in [2.05, 4.69) is 17.6 Å². The van der Waals surface area contributed by atoms with Crippen molar-refractivity contribution < 1.29 is 9.53 Å². The van der Waals surface area contributed by atoms with Gasteiger partial charge in [0.2, 0.25) is 0 Å². The average Bonchev–Trinajstić information content (AvgIpc) is 2.56. The van der Waals surface area contributed by atoms with Crippen LogP contribution >= 0.6 is 12.2 Å². The molecule has 0 saturated carbocycles. The Morgan fingerprint density at radius 2 is 1.91 bits per heavy atom. The van der Waals surface area contributed by atoms with Gasteiger partial charge in [-0.25, -0.2) is 0 Å². The van der Waals surface area contributed by atoms with Crippen molar-refractivity contribution in [2.75, 3.05) is 13.2 Å². The molecule has 1 amide bonds. The number of rotatable bonds is 10. The van der Waals surface area contributed by atoms with Crippen molar-refractivity contribution in [1.82, 2.24) is 10.6 Å². The van der Waals surface area contributed by atoms with Crippen LogP contribution in [0, 0.1) is 0 Å². The van der Waals surface area contributed by atoms with Crippen LogP contribution in [0.1, 0.15) is 62.7 Å². The first kappa shape index (κ1) is 19.4. The highest BCUT2D eigenvalue weighted by Gasteiger charge is 2.08. The second-order valence-corrected chi connectivity index (χ2v) is 5.91. The monoisotopic (exact) mass is 336 g/mol. The van der Waals surface area contributed by atoms with Crippen molar-refractivity contribution in [3.63, 3.8) is 0 Å². The quantitative estimate of drug-likeness (QED) is 0.500. The minimum atomic E-state index is -0.213. The second kappa shape index (κ2) is 11.9. The SMILES string of the molecule is CCCCCCCNC(=S)NC(=O)c1cccc(OCCC)c1. The third kappa shape index (κ3) is 8.55. The summed E-state index contributed by atoms with van der Waals surface area (Å²) in [4.78, 5) is 12.2. The Morgan fingerprint density at radius 1 is 1.13 bits per heavy atom. The molecule has 0 aromatic heterocycles. The van der Waals surface area contributed by atoms with Crippen LogP contribution in [-0.4, -0.2) is 24.2 Å². The lowest BCUT2D eigenvalue weighted by Gasteiger charge is -2.10. The van der Waals surface area contributed by atoms with Crippen molar-refractivity contribution in [2.24, 2.45) is 0 Å². The molecule has 0 fully saturated rings. The average molecular weight is 337 g/mol. The van der Waals surface area contributed by atoms with E-state index in [9.17, 15) is 4.79 Å². The molecule has 1 aromatic carbocycles. The van der Waals surface area contributed by atoms with Crippen LogP contribution in [0.3, 0.4) is 0 Å². The van der Waals surface area contributed by atoms with Crippen molar-refractivity contribution in [3.05, 3.63) is 29.8 Å². The molecule has 0 aliphatic heterocycles. The van der Waals surface area contributed by atoms with E-state index >= 15 is 0 Å². The summed E-state index contributed by atoms with van der Waals surface area (Å²) >= 11 is 5.16. The molecule has 23 heavy (non-hydrogen) atoms. The smallest absolute Gasteiger partial charge is 0.257 e. The third-order valence-electron chi connectivity index (χ3n) is 3.36. The first-order valence-electron chi connectivity index (χ1n) is 8.49. The lowest BCUT2D eigenvalue weighted by atomic mass is 10.1. The molecule has 4 nitrogen and oxygen atoms in total. The molecule has 1 aromatic rings. The number of hydrogen-bond acceptors (Lipinski definition) is 3. The molecule has 128 valence electrons. The number of thiocarbonyl (C=S) groups is 1. The first-order chi connectivity index (χ1) is 11.2. The zero-order chi connectivity index (χ0) is 16.9. The van der Waals surface area contributed by atoms with E-state index in [-0.39, 0.29) is 5.91 Å². The fourth-order valence-corrected chi connectivity index (χ4v) is 2.29. The number of nitrogens with one attached hydrogen (secondary N) is 2. The van der Waals surface area contributed by atoms with E-state index in [0.29, 0.717) is 23.0 Å². The van der Waals surface area contributed by atoms with Crippen LogP contribution in [0.5, 0.6) is 5.75 Å². The van der Waals surface area contributed by atoms with Gasteiger partial charge in [0, 0.05) is 12.1 Å². The molecule has 5 heteroatoms. The summed E-state index contributed by atoms with van der Waals surface area (Å²) in [5.74, 6) is 0.490. The predicted octanol–water partition coefficient (Wildman–Crippen LogP) is 4.05. The number of carbonyl (C=O) groups is 1. The lowest BCUT2D eigenvalue weighted by Crippen LogP contribution is -2.39. The molecular formula is C18H28N2O2S. The maximum absolute atomic E-state index is 12.2. The maximum atomic E-state index is 12.2. The molecular weight excluding hydrogens is 308 g/mol. The van der Waals surface area contributed by atoms with E-state index in [1.54, 1.807) is 12.1 Å². The minimum absolute atomic E-state index is 0.213. The highest BCUT2D eigenvalue weighted by atomic mass is 32.1. The molecule has 0 bridgehead atoms. The van der Waals surface area contributed by atoms with Gasteiger partial charge < -0.3 is 10.1 Å². The predicted molar refractivity (Wildman–Crippen MR) is 99.1 cm³/mol. The fourth-order valence-electron chi connectivity index (χ4n) is 2.10. The normalized spacial score (nSPS) is 10.2. The Kier molecular flexibility index (Phi) is 10.0. The van der Waals surface area contributed by atoms with Gasteiger partial charge in [0.15, 0.2) is 5.11 Å². The minimum Gasteiger partial charge on any atom is -0.494 e. The van der Waals surface area contributed by atoms with E-state index in [4.69, 9.17) is 17.0 Å². The molecule has 0 atom stereocenters. The molecule has 0 heterocycles. The molecule has 2 N–H and O–H groups in total. The number of hydrogen-bond donors (Lipinski definition) is 2. The summed E-state index contributed by atoms with van der Waals surface area (Å²) in [6.45, 7) is 5.68. The number of carbonyl (C=O) groups excluding carboxylic acids is 1. The van der Waals surface area contributed by atoms with E-state index in [1.165, 1.54) is 25.7 Å². The molecule has 0 spiro atoms. The van der Waals surface area contributed by atoms with Gasteiger partial charge in [0.25, 0.3) is 5.91 Å². The Labute approximate surface area is 145 Å². The molecule has 0 saturated heterocycles. The molecule has 1 rings (SSSR count). The zero-order valence-electron chi connectivity index (χ0n) is 14.2. The van der Waals surface area contributed by atoms with Crippen molar-refractivity contribution in [2.45, 2.75) is 52.4 Å². The Balaban J connectivity index is 2.33. The fraction of sp³-hybridized carbons (Fsp3) is 0.556. The summed E-state index contributed by atoms with van der Waals surface area (Å²) in [5, 5.41) is 6.16. The molecule has 0 aliphatic rings. The maximum Gasteiger partial charge on any atom is 0.257 e. The van der Waals surface area contributed by atoms with Gasteiger partial charge in [-0.15, -0.1) is 0 Å². The standard InChI is InChI=1S/C18H28N2O2S/c1-3-5-6-7-8-12-19-18(23)20-17(21)15-10-9-11-16(14-15)22-13-4-2/h9-11,14H,3-8,12-13H2,1-2H3,(H2,19,20,21,23). The number of unbranched alkanes of at least 4 members (excludes halogenated alkanes) is 4. The van der Waals surface area contributed by atoms with Crippen LogP contribution in [0.4, 0.5) is 0 Å². The Bertz CT molecular complexity index is 492. The summed E-state index contributed by atoms with van der Waals surface area (Å²) in [5.41, 5.74) is 0.547. The topological polar surface area (TPSA) is 50.4 Å². The highest BCUT2D eigenvalue weighted by molar-refractivity contribution is 7.80. The summed E-state index contributed by atoms with van der Waals surface area (Å²) in [7, 11) is 0. The second-order valence-electron chi connectivity index (χ2n) is 5.50. The van der Waals surface area contributed by atoms with E-state index in [1.807, 2.05) is 19.1 Å². The number of ether oxygens (including phenoxy) is 1. The van der Waals surface area contributed by atoms with E-state index < -0.39 is 0 Å². The van der Waals surface area contributed by atoms with Gasteiger partial charge in [-0.3, -0.25) is 10.1 Å². The summed E-state index contributed by atoms with van der Waals surface area (Å²) in [6, 6.07) is 7.14. The van der Waals surface area contributed by atoms with Crippen molar-refractivity contribution in [1.29, 1.82) is 0 Å². The molecule has 0 radical (unpaired) electrons. The Morgan fingerprint density at radius 3 is 2.65 bits per heavy atom. The molecule has 0 aliphatic carbocycles. The van der Waals surface area contributed by atoms with Gasteiger partial charge in [-0.1, -0.05) is 45.6 Å². The van der Waals surface area contributed by atoms with Crippen LogP contribution in [0.15, 0.2) is 24.3 Å². The first-order valence-corrected chi connectivity index (χ1v) is 8.90. The van der Waals surface area contributed by atoms with Crippen LogP contribution in [0.25, 0.3) is 0 Å². The van der Waals surface area contributed by atoms with Crippen LogP contribution < -0.4 is 15.4 Å². The van der Waals surface area contributed by atoms with Gasteiger partial charge >= 0.3 is 0 Å². The van der Waals surface area contributed by atoms with Crippen molar-refractivity contribution in [3.8, 4) is 5.75 Å². The highest BCUT2D eigenvalue weighted by Crippen LogP contribution is 2.13. The summed E-state index contributed by atoms with van der Waals surface area (Å²) in [6.07, 6.45) is 6.95. The number of benzene rings is 1. The Hall–Kier alpha value is -1.62. The largest absolute Gasteiger partial charge is 0.494 e. The van der Waals surface area contributed by atoms with Crippen molar-refractivity contribution >= 4 is 23.2 Å². The lowest BCUT2D eigenvalue weighted by molar-refractivity contribution is 0.0976. The number of amides is 1. The van der Waals surface area contributed by atoms with Gasteiger partial charge in [-0.2, -0.15) is 0 Å². The third-order valence-corrected chi connectivity index (χ3v) is 3.61. The van der Waals surface area contributed by atoms with E-state index in [0.717, 1.165) is 19.4 Å². The summed E-state index contributed by atoms with van der Waals surface area (Å²) < 4.78 is 5.53. The zero-order valence-corrected chi connectivity index (χ0v) is 15.0.